The van der Waals surface area contributed by atoms with Gasteiger partial charge in [0.05, 0.1) is 22.8 Å². The van der Waals surface area contributed by atoms with E-state index in [1.165, 1.54) is 18.2 Å². The molecule has 1 aromatic rings. The lowest BCUT2D eigenvalue weighted by molar-refractivity contribution is -0.115. The highest BCUT2D eigenvalue weighted by molar-refractivity contribution is 7.99. The van der Waals surface area contributed by atoms with Crippen molar-refractivity contribution in [1.82, 2.24) is 5.32 Å². The first-order valence-corrected chi connectivity index (χ1v) is 7.80. The van der Waals surface area contributed by atoms with Gasteiger partial charge in [0.1, 0.15) is 0 Å². The number of amides is 1. The van der Waals surface area contributed by atoms with Gasteiger partial charge in [-0.05, 0) is 18.2 Å². The fraction of sp³-hybridized carbons (Fsp3) is 0.286. The minimum absolute atomic E-state index is 0.0727. The molecule has 0 aliphatic rings. The summed E-state index contributed by atoms with van der Waals surface area (Å²) < 4.78 is 0. The molecule has 0 radical (unpaired) electrons. The summed E-state index contributed by atoms with van der Waals surface area (Å²) in [5, 5.41) is 14.8. The van der Waals surface area contributed by atoms with Gasteiger partial charge in [0.2, 0.25) is 5.91 Å². The Morgan fingerprint density at radius 3 is 2.86 bits per heavy atom. The zero-order chi connectivity index (χ0) is 15.7. The number of hydrogen-bond donors (Lipinski definition) is 3. The van der Waals surface area contributed by atoms with E-state index >= 15 is 0 Å². The number of benzene rings is 1. The van der Waals surface area contributed by atoms with Gasteiger partial charge in [-0.3, -0.25) is 4.79 Å². The van der Waals surface area contributed by atoms with Gasteiger partial charge in [-0.2, -0.15) is 11.8 Å². The topological polar surface area (TPSA) is 78.4 Å². The molecule has 0 aliphatic carbocycles. The number of halogens is 1. The summed E-state index contributed by atoms with van der Waals surface area (Å²) in [5.74, 6) is 0.424. The van der Waals surface area contributed by atoms with Crippen LogP contribution in [0.2, 0.25) is 5.02 Å². The average molecular weight is 329 g/mol. The van der Waals surface area contributed by atoms with Crippen molar-refractivity contribution in [3.8, 4) is 0 Å². The predicted molar refractivity (Wildman–Crippen MR) is 87.4 cm³/mol. The number of rotatable bonds is 9. The van der Waals surface area contributed by atoms with E-state index in [4.69, 9.17) is 16.7 Å². The van der Waals surface area contributed by atoms with Crippen molar-refractivity contribution in [1.29, 1.82) is 0 Å². The molecule has 1 aromatic carbocycles. The maximum atomic E-state index is 11.7. The van der Waals surface area contributed by atoms with Crippen LogP contribution in [0.1, 0.15) is 10.4 Å². The lowest BCUT2D eigenvalue weighted by Gasteiger charge is -2.09. The molecule has 7 heteroatoms. The fourth-order valence-corrected chi connectivity index (χ4v) is 2.25. The largest absolute Gasteiger partial charge is 0.478 e. The Kier molecular flexibility index (Phi) is 7.89. The summed E-state index contributed by atoms with van der Waals surface area (Å²) in [4.78, 5) is 22.6. The van der Waals surface area contributed by atoms with Crippen molar-refractivity contribution in [3.63, 3.8) is 0 Å². The van der Waals surface area contributed by atoms with Gasteiger partial charge in [-0.25, -0.2) is 4.79 Å². The number of carboxylic acids is 1. The molecule has 3 N–H and O–H groups in total. The van der Waals surface area contributed by atoms with Crippen LogP contribution in [0.3, 0.4) is 0 Å². The highest BCUT2D eigenvalue weighted by Crippen LogP contribution is 2.22. The summed E-state index contributed by atoms with van der Waals surface area (Å²) in [5.41, 5.74) is 0.368. The third-order valence-electron chi connectivity index (χ3n) is 2.43. The maximum Gasteiger partial charge on any atom is 0.335 e. The van der Waals surface area contributed by atoms with Gasteiger partial charge in [0.15, 0.2) is 0 Å². The number of anilines is 1. The molecule has 1 amide bonds. The Bertz CT molecular complexity index is 523. The van der Waals surface area contributed by atoms with Crippen LogP contribution >= 0.6 is 23.4 Å². The van der Waals surface area contributed by atoms with Crippen LogP contribution in [0.15, 0.2) is 30.9 Å². The van der Waals surface area contributed by atoms with Crippen molar-refractivity contribution in [2.75, 3.05) is 29.9 Å². The third kappa shape index (κ3) is 6.66. The normalized spacial score (nSPS) is 10.1. The van der Waals surface area contributed by atoms with Crippen LogP contribution in [0.25, 0.3) is 0 Å². The summed E-state index contributed by atoms with van der Waals surface area (Å²) in [6.07, 6.45) is 1.83. The molecule has 1 rings (SSSR count). The number of thioether (sulfide) groups is 1. The Morgan fingerprint density at radius 2 is 2.19 bits per heavy atom. The monoisotopic (exact) mass is 328 g/mol. The number of carboxylic acid groups (broad SMARTS) is 1. The summed E-state index contributed by atoms with van der Waals surface area (Å²) in [6, 6.07) is 4.16. The Balaban J connectivity index is 2.42. The summed E-state index contributed by atoms with van der Waals surface area (Å²) in [7, 11) is 0. The second-order valence-electron chi connectivity index (χ2n) is 4.09. The van der Waals surface area contributed by atoms with Gasteiger partial charge >= 0.3 is 5.97 Å². The molecule has 0 aliphatic heterocycles. The molecule has 21 heavy (non-hydrogen) atoms. The second kappa shape index (κ2) is 9.44. The van der Waals surface area contributed by atoms with E-state index in [2.05, 4.69) is 17.2 Å². The molecule has 5 nitrogen and oxygen atoms in total. The van der Waals surface area contributed by atoms with E-state index in [0.29, 0.717) is 17.3 Å². The molecular formula is C14H17ClN2O3S. The van der Waals surface area contributed by atoms with Gasteiger partial charge in [-0.1, -0.05) is 17.7 Å². The SMILES string of the molecule is C=CCSCCNCC(=O)Nc1cc(C(=O)O)ccc1Cl. The van der Waals surface area contributed by atoms with Crippen LogP contribution in [-0.2, 0) is 4.79 Å². The molecule has 0 atom stereocenters. The number of carbonyl (C=O) groups excluding carboxylic acids is 1. The molecule has 0 bridgehead atoms. The fourth-order valence-electron chi connectivity index (χ4n) is 1.46. The zero-order valence-electron chi connectivity index (χ0n) is 11.4. The zero-order valence-corrected chi connectivity index (χ0v) is 13.0. The highest BCUT2D eigenvalue weighted by atomic mass is 35.5. The van der Waals surface area contributed by atoms with Crippen molar-refractivity contribution < 1.29 is 14.7 Å². The van der Waals surface area contributed by atoms with Gasteiger partial charge in [-0.15, -0.1) is 6.58 Å². The third-order valence-corrected chi connectivity index (χ3v) is 3.73. The Morgan fingerprint density at radius 1 is 1.43 bits per heavy atom. The van der Waals surface area contributed by atoms with Crippen LogP contribution in [0, 0.1) is 0 Å². The van der Waals surface area contributed by atoms with Crippen molar-refractivity contribution >= 4 is 40.9 Å². The Hall–Kier alpha value is -1.50. The average Bonchev–Trinajstić information content (AvgIpc) is 2.44. The van der Waals surface area contributed by atoms with E-state index in [1.807, 2.05) is 6.08 Å². The first-order chi connectivity index (χ1) is 10.0. The highest BCUT2D eigenvalue weighted by Gasteiger charge is 2.09. The molecule has 114 valence electrons. The summed E-state index contributed by atoms with van der Waals surface area (Å²) in [6.45, 7) is 4.47. The van der Waals surface area contributed by atoms with Gasteiger partial charge < -0.3 is 15.7 Å². The van der Waals surface area contributed by atoms with Crippen LogP contribution < -0.4 is 10.6 Å². The van der Waals surface area contributed by atoms with Crippen LogP contribution in [0.5, 0.6) is 0 Å². The van der Waals surface area contributed by atoms with E-state index in [9.17, 15) is 9.59 Å². The second-order valence-corrected chi connectivity index (χ2v) is 5.65. The molecule has 0 unspecified atom stereocenters. The lowest BCUT2D eigenvalue weighted by Crippen LogP contribution is -2.29. The van der Waals surface area contributed by atoms with E-state index in [-0.39, 0.29) is 18.0 Å². The van der Waals surface area contributed by atoms with Crippen LogP contribution in [-0.4, -0.2) is 41.6 Å². The maximum absolute atomic E-state index is 11.7. The first kappa shape index (κ1) is 17.6. The number of carbonyl (C=O) groups is 2. The minimum atomic E-state index is -1.07. The molecule has 0 aromatic heterocycles. The van der Waals surface area contributed by atoms with Gasteiger partial charge in [0, 0.05) is 18.1 Å². The van der Waals surface area contributed by atoms with Crippen molar-refractivity contribution in [2.24, 2.45) is 0 Å². The molecule has 0 saturated carbocycles. The van der Waals surface area contributed by atoms with Crippen molar-refractivity contribution in [3.05, 3.63) is 41.4 Å². The standard InChI is InChI=1S/C14H17ClN2O3S/c1-2-6-21-7-5-16-9-13(18)17-12-8-10(14(19)20)3-4-11(12)15/h2-4,8,16H,1,5-7,9H2,(H,17,18)(H,19,20). The minimum Gasteiger partial charge on any atom is -0.478 e. The molecule has 0 fully saturated rings. The quantitative estimate of drug-likeness (QED) is 0.479. The van der Waals surface area contributed by atoms with Crippen molar-refractivity contribution in [2.45, 2.75) is 0 Å². The number of nitrogens with one attached hydrogen (secondary N) is 2. The molecular weight excluding hydrogens is 312 g/mol. The smallest absolute Gasteiger partial charge is 0.335 e. The first-order valence-electron chi connectivity index (χ1n) is 6.26. The molecule has 0 saturated heterocycles. The Labute approximate surface area is 132 Å². The number of aromatic carboxylic acids is 1. The molecule has 0 heterocycles. The predicted octanol–water partition coefficient (Wildman–Crippen LogP) is 2.49. The molecule has 0 spiro atoms. The lowest BCUT2D eigenvalue weighted by atomic mass is 10.2. The van der Waals surface area contributed by atoms with E-state index < -0.39 is 5.97 Å². The summed E-state index contributed by atoms with van der Waals surface area (Å²) >= 11 is 7.64. The van der Waals surface area contributed by atoms with Crippen LogP contribution in [0.4, 0.5) is 5.69 Å². The number of hydrogen-bond acceptors (Lipinski definition) is 4. The van der Waals surface area contributed by atoms with Gasteiger partial charge in [0.25, 0.3) is 0 Å². The van der Waals surface area contributed by atoms with E-state index in [0.717, 1.165) is 11.5 Å². The van der Waals surface area contributed by atoms with E-state index in [1.54, 1.807) is 11.8 Å².